The van der Waals surface area contributed by atoms with E-state index in [0.717, 1.165) is 50.1 Å². The predicted molar refractivity (Wildman–Crippen MR) is 80.9 cm³/mol. The SMILES string of the molecule is CCCn1cc(C(=O)C2(N(C)C)CCC(C)CC2)cn1. The van der Waals surface area contributed by atoms with Gasteiger partial charge in [-0.2, -0.15) is 5.10 Å². The summed E-state index contributed by atoms with van der Waals surface area (Å²) >= 11 is 0. The van der Waals surface area contributed by atoms with Crippen molar-refractivity contribution in [2.24, 2.45) is 5.92 Å². The second kappa shape index (κ2) is 6.08. The summed E-state index contributed by atoms with van der Waals surface area (Å²) in [6, 6.07) is 0. The standard InChI is InChI=1S/C16H27N3O/c1-5-10-19-12-14(11-17-19)15(20)16(18(3)4)8-6-13(2)7-9-16/h11-13H,5-10H2,1-4H3. The maximum absolute atomic E-state index is 13.0. The molecule has 0 unspecified atom stereocenters. The highest BCUT2D eigenvalue weighted by atomic mass is 16.1. The average Bonchev–Trinajstić information content (AvgIpc) is 2.88. The third-order valence-electron chi connectivity index (χ3n) is 4.73. The van der Waals surface area contributed by atoms with Crippen molar-refractivity contribution in [2.75, 3.05) is 14.1 Å². The van der Waals surface area contributed by atoms with Gasteiger partial charge in [0.15, 0.2) is 5.78 Å². The maximum atomic E-state index is 13.0. The van der Waals surface area contributed by atoms with E-state index in [9.17, 15) is 4.79 Å². The molecule has 1 saturated carbocycles. The fourth-order valence-corrected chi connectivity index (χ4v) is 3.22. The number of aromatic nitrogens is 2. The smallest absolute Gasteiger partial charge is 0.186 e. The molecule has 4 heteroatoms. The Morgan fingerprint density at radius 3 is 2.65 bits per heavy atom. The Balaban J connectivity index is 2.22. The zero-order valence-corrected chi connectivity index (χ0v) is 13.2. The number of carbonyl (C=O) groups excluding carboxylic acids is 1. The van der Waals surface area contributed by atoms with E-state index < -0.39 is 0 Å². The Bertz CT molecular complexity index is 456. The van der Waals surface area contributed by atoms with Crippen LogP contribution in [0.5, 0.6) is 0 Å². The van der Waals surface area contributed by atoms with Crippen LogP contribution in [0.2, 0.25) is 0 Å². The van der Waals surface area contributed by atoms with Gasteiger partial charge < -0.3 is 0 Å². The summed E-state index contributed by atoms with van der Waals surface area (Å²) in [5, 5.41) is 4.30. The quantitative estimate of drug-likeness (QED) is 0.777. The highest BCUT2D eigenvalue weighted by molar-refractivity contribution is 6.03. The molecule has 2 rings (SSSR count). The van der Waals surface area contributed by atoms with Crippen LogP contribution < -0.4 is 0 Å². The fourth-order valence-electron chi connectivity index (χ4n) is 3.22. The normalized spacial score (nSPS) is 26.9. The van der Waals surface area contributed by atoms with Crippen molar-refractivity contribution in [3.05, 3.63) is 18.0 Å². The van der Waals surface area contributed by atoms with E-state index in [1.54, 1.807) is 6.20 Å². The average molecular weight is 277 g/mol. The lowest BCUT2D eigenvalue weighted by Crippen LogP contribution is -2.53. The van der Waals surface area contributed by atoms with E-state index in [2.05, 4.69) is 23.8 Å². The Hall–Kier alpha value is -1.16. The number of rotatable bonds is 5. The molecular weight excluding hydrogens is 250 g/mol. The molecule has 1 aliphatic rings. The first-order valence-electron chi connectivity index (χ1n) is 7.74. The molecule has 0 atom stereocenters. The van der Waals surface area contributed by atoms with Gasteiger partial charge in [-0.15, -0.1) is 0 Å². The molecule has 0 saturated heterocycles. The summed E-state index contributed by atoms with van der Waals surface area (Å²) in [5.74, 6) is 0.982. The summed E-state index contributed by atoms with van der Waals surface area (Å²) in [7, 11) is 4.06. The molecule has 0 N–H and O–H groups in total. The van der Waals surface area contributed by atoms with Crippen molar-refractivity contribution in [3.63, 3.8) is 0 Å². The third kappa shape index (κ3) is 2.80. The molecule has 0 bridgehead atoms. The minimum Gasteiger partial charge on any atom is -0.297 e. The van der Waals surface area contributed by atoms with Crippen LogP contribution in [0.15, 0.2) is 12.4 Å². The Morgan fingerprint density at radius 2 is 2.10 bits per heavy atom. The number of nitrogens with zero attached hydrogens (tertiary/aromatic N) is 3. The number of ketones is 1. The van der Waals surface area contributed by atoms with E-state index in [1.807, 2.05) is 25.0 Å². The first-order chi connectivity index (χ1) is 9.49. The van der Waals surface area contributed by atoms with Gasteiger partial charge >= 0.3 is 0 Å². The predicted octanol–water partition coefficient (Wildman–Crippen LogP) is 2.99. The van der Waals surface area contributed by atoms with Crippen molar-refractivity contribution >= 4 is 5.78 Å². The minimum atomic E-state index is -0.327. The fraction of sp³-hybridized carbons (Fsp3) is 0.750. The molecule has 1 aromatic heterocycles. The lowest BCUT2D eigenvalue weighted by atomic mass is 9.73. The summed E-state index contributed by atoms with van der Waals surface area (Å²) < 4.78 is 1.88. The number of hydrogen-bond acceptors (Lipinski definition) is 3. The minimum absolute atomic E-state index is 0.247. The summed E-state index contributed by atoms with van der Waals surface area (Å²) in [6.07, 6.45) is 8.86. The van der Waals surface area contributed by atoms with Gasteiger partial charge in [0.2, 0.25) is 0 Å². The second-order valence-corrected chi connectivity index (χ2v) is 6.43. The summed E-state index contributed by atoms with van der Waals surface area (Å²) in [4.78, 5) is 15.1. The van der Waals surface area contributed by atoms with Crippen molar-refractivity contribution in [1.29, 1.82) is 0 Å². The van der Waals surface area contributed by atoms with Crippen LogP contribution in [0.1, 0.15) is 56.3 Å². The van der Waals surface area contributed by atoms with Crippen molar-refractivity contribution in [3.8, 4) is 0 Å². The van der Waals surface area contributed by atoms with Crippen LogP contribution in [0.25, 0.3) is 0 Å². The lowest BCUT2D eigenvalue weighted by molar-refractivity contribution is 0.0513. The number of carbonyl (C=O) groups is 1. The van der Waals surface area contributed by atoms with Gasteiger partial charge in [-0.25, -0.2) is 0 Å². The zero-order chi connectivity index (χ0) is 14.8. The summed E-state index contributed by atoms with van der Waals surface area (Å²) in [6.45, 7) is 5.27. The van der Waals surface area contributed by atoms with Crippen LogP contribution in [0.3, 0.4) is 0 Å². The molecule has 1 fully saturated rings. The third-order valence-corrected chi connectivity index (χ3v) is 4.73. The Labute approximate surface area is 122 Å². The Morgan fingerprint density at radius 1 is 1.45 bits per heavy atom. The summed E-state index contributed by atoms with van der Waals surface area (Å²) in [5.41, 5.74) is 0.439. The van der Waals surface area contributed by atoms with Gasteiger partial charge in [0.25, 0.3) is 0 Å². The van der Waals surface area contributed by atoms with Crippen molar-refractivity contribution < 1.29 is 4.79 Å². The Kier molecular flexibility index (Phi) is 4.63. The second-order valence-electron chi connectivity index (χ2n) is 6.43. The van der Waals surface area contributed by atoms with Gasteiger partial charge in [-0.1, -0.05) is 13.8 Å². The molecular formula is C16H27N3O. The van der Waals surface area contributed by atoms with Gasteiger partial charge in [0.1, 0.15) is 0 Å². The highest BCUT2D eigenvalue weighted by Gasteiger charge is 2.43. The molecule has 0 amide bonds. The molecule has 0 radical (unpaired) electrons. The van der Waals surface area contributed by atoms with Gasteiger partial charge in [0, 0.05) is 12.7 Å². The van der Waals surface area contributed by atoms with Crippen LogP contribution in [0.4, 0.5) is 0 Å². The van der Waals surface area contributed by atoms with Gasteiger partial charge in [0.05, 0.1) is 17.3 Å². The number of aryl methyl sites for hydroxylation is 1. The van der Waals surface area contributed by atoms with Crippen molar-refractivity contribution in [2.45, 2.75) is 58.0 Å². The van der Waals surface area contributed by atoms with Crippen LogP contribution in [-0.2, 0) is 6.54 Å². The molecule has 1 aliphatic carbocycles. The first-order valence-corrected chi connectivity index (χ1v) is 7.74. The van der Waals surface area contributed by atoms with E-state index in [0.29, 0.717) is 0 Å². The van der Waals surface area contributed by atoms with Gasteiger partial charge in [-0.05, 0) is 52.1 Å². The molecule has 0 aliphatic heterocycles. The highest BCUT2D eigenvalue weighted by Crippen LogP contribution is 2.37. The molecule has 112 valence electrons. The van der Waals surface area contributed by atoms with Crippen molar-refractivity contribution in [1.82, 2.24) is 14.7 Å². The first kappa shape index (κ1) is 15.2. The lowest BCUT2D eigenvalue weighted by Gasteiger charge is -2.43. The van der Waals surface area contributed by atoms with E-state index >= 15 is 0 Å². The maximum Gasteiger partial charge on any atom is 0.186 e. The number of Topliss-reactive ketones (excluding diaryl/α,β-unsaturated/α-hetero) is 1. The molecule has 0 spiro atoms. The van der Waals surface area contributed by atoms with Crippen LogP contribution >= 0.6 is 0 Å². The monoisotopic (exact) mass is 277 g/mol. The number of hydrogen-bond donors (Lipinski definition) is 0. The topological polar surface area (TPSA) is 38.1 Å². The van der Waals surface area contributed by atoms with Crippen LogP contribution in [-0.4, -0.2) is 40.1 Å². The molecule has 1 heterocycles. The number of likely N-dealkylation sites (N-methyl/N-ethyl adjacent to an activating group) is 1. The zero-order valence-electron chi connectivity index (χ0n) is 13.2. The molecule has 4 nitrogen and oxygen atoms in total. The largest absolute Gasteiger partial charge is 0.297 e. The molecule has 0 aromatic carbocycles. The van der Waals surface area contributed by atoms with E-state index in [4.69, 9.17) is 0 Å². The molecule has 1 aromatic rings. The van der Waals surface area contributed by atoms with Gasteiger partial charge in [-0.3, -0.25) is 14.4 Å². The van der Waals surface area contributed by atoms with E-state index in [-0.39, 0.29) is 11.3 Å². The van der Waals surface area contributed by atoms with E-state index in [1.165, 1.54) is 0 Å². The van der Waals surface area contributed by atoms with Crippen LogP contribution in [0, 0.1) is 5.92 Å². The molecule has 20 heavy (non-hydrogen) atoms.